The molecule has 0 bridgehead atoms. The topological polar surface area (TPSA) is 62.3 Å². The minimum atomic E-state index is -1.24. The maximum absolute atomic E-state index is 13.6. The summed E-state index contributed by atoms with van der Waals surface area (Å²) in [7, 11) is 1.14. The molecular weight excluding hydrogens is 220 g/mol. The monoisotopic (exact) mass is 227 g/mol. The van der Waals surface area contributed by atoms with Crippen LogP contribution in [-0.2, 0) is 0 Å². The summed E-state index contributed by atoms with van der Waals surface area (Å²) >= 11 is 0. The molecule has 0 aliphatic heterocycles. The summed E-state index contributed by atoms with van der Waals surface area (Å²) in [6, 6.07) is 2.08. The molecule has 0 aliphatic carbocycles. The van der Waals surface area contributed by atoms with E-state index in [4.69, 9.17) is 5.11 Å². The number of aromatic nitrogens is 1. The van der Waals surface area contributed by atoms with E-state index < -0.39 is 23.4 Å². The molecule has 1 heterocycles. The molecule has 1 aromatic carbocycles. The van der Waals surface area contributed by atoms with Gasteiger partial charge in [0.05, 0.1) is 12.6 Å². The van der Waals surface area contributed by atoms with E-state index in [1.807, 2.05) is 0 Å². The lowest BCUT2D eigenvalue weighted by Crippen LogP contribution is -1.94. The van der Waals surface area contributed by atoms with E-state index in [0.29, 0.717) is 0 Å². The van der Waals surface area contributed by atoms with Gasteiger partial charge in [0, 0.05) is 11.5 Å². The molecule has 0 aliphatic rings. The highest BCUT2D eigenvalue weighted by Gasteiger charge is 2.17. The molecule has 4 nitrogen and oxygen atoms in total. The smallest absolute Gasteiger partial charge is 0.352 e. The summed E-state index contributed by atoms with van der Waals surface area (Å²) in [6.07, 6.45) is 0. The van der Waals surface area contributed by atoms with Gasteiger partial charge in [0.1, 0.15) is 5.69 Å². The summed E-state index contributed by atoms with van der Waals surface area (Å²) in [5.41, 5.74) is -0.130. The van der Waals surface area contributed by atoms with Gasteiger partial charge in [-0.1, -0.05) is 0 Å². The minimum Gasteiger partial charge on any atom is -0.491 e. The van der Waals surface area contributed by atoms with Crippen LogP contribution in [0.15, 0.2) is 12.1 Å². The molecule has 0 amide bonds. The van der Waals surface area contributed by atoms with Crippen molar-refractivity contribution < 1.29 is 23.4 Å². The lowest BCUT2D eigenvalue weighted by atomic mass is 10.2. The van der Waals surface area contributed by atoms with Gasteiger partial charge in [0.25, 0.3) is 0 Å². The summed E-state index contributed by atoms with van der Waals surface area (Å²) < 4.78 is 31.4. The third-order valence-electron chi connectivity index (χ3n) is 2.21. The van der Waals surface area contributed by atoms with E-state index in [1.54, 1.807) is 0 Å². The number of rotatable bonds is 2. The lowest BCUT2D eigenvalue weighted by molar-refractivity contribution is 0.0691. The first kappa shape index (κ1) is 10.4. The van der Waals surface area contributed by atoms with Crippen LogP contribution in [0.3, 0.4) is 0 Å². The molecule has 6 heteroatoms. The number of hydrogen-bond donors (Lipinski definition) is 2. The number of carboxylic acids is 1. The van der Waals surface area contributed by atoms with Gasteiger partial charge in [-0.05, 0) is 6.07 Å². The first-order valence-corrected chi connectivity index (χ1v) is 4.32. The van der Waals surface area contributed by atoms with Crippen LogP contribution < -0.4 is 4.74 Å². The molecule has 0 spiro atoms. The van der Waals surface area contributed by atoms with Crippen LogP contribution in [0.25, 0.3) is 10.9 Å². The first-order valence-electron chi connectivity index (χ1n) is 4.32. The van der Waals surface area contributed by atoms with E-state index >= 15 is 0 Å². The van der Waals surface area contributed by atoms with Crippen molar-refractivity contribution in [3.8, 4) is 5.75 Å². The fraction of sp³-hybridized carbons (Fsp3) is 0.100. The Hall–Kier alpha value is -2.11. The quantitative estimate of drug-likeness (QED) is 0.826. The van der Waals surface area contributed by atoms with E-state index in [9.17, 15) is 13.6 Å². The van der Waals surface area contributed by atoms with Gasteiger partial charge in [-0.15, -0.1) is 0 Å². The lowest BCUT2D eigenvalue weighted by Gasteiger charge is -2.03. The molecule has 0 unspecified atom stereocenters. The number of ether oxygens (including phenoxy) is 1. The zero-order valence-corrected chi connectivity index (χ0v) is 8.17. The van der Waals surface area contributed by atoms with Crippen molar-refractivity contribution in [1.82, 2.24) is 4.98 Å². The number of H-pyrrole nitrogens is 1. The normalized spacial score (nSPS) is 10.7. The van der Waals surface area contributed by atoms with E-state index in [2.05, 4.69) is 9.72 Å². The second-order valence-corrected chi connectivity index (χ2v) is 3.16. The number of methoxy groups -OCH3 is 1. The zero-order valence-electron chi connectivity index (χ0n) is 8.17. The fourth-order valence-electron chi connectivity index (χ4n) is 1.49. The SMILES string of the molecule is COc1c(F)cc2[nH]c(C(=O)O)cc2c1F. The highest BCUT2D eigenvalue weighted by molar-refractivity contribution is 5.94. The summed E-state index contributed by atoms with van der Waals surface area (Å²) in [5, 5.41) is 8.68. The molecule has 0 atom stereocenters. The Morgan fingerprint density at radius 2 is 2.12 bits per heavy atom. The van der Waals surface area contributed by atoms with Gasteiger partial charge in [-0.25, -0.2) is 13.6 Å². The summed E-state index contributed by atoms with van der Waals surface area (Å²) in [6.45, 7) is 0. The molecule has 0 fully saturated rings. The number of nitrogens with one attached hydrogen (secondary N) is 1. The number of aromatic carboxylic acids is 1. The van der Waals surface area contributed by atoms with Crippen LogP contribution in [0.1, 0.15) is 10.5 Å². The van der Waals surface area contributed by atoms with Crippen molar-refractivity contribution >= 4 is 16.9 Å². The van der Waals surface area contributed by atoms with Gasteiger partial charge in [-0.3, -0.25) is 0 Å². The molecule has 16 heavy (non-hydrogen) atoms. The second kappa shape index (κ2) is 3.48. The minimum absolute atomic E-state index is 0.0179. The summed E-state index contributed by atoms with van der Waals surface area (Å²) in [4.78, 5) is 13.0. The van der Waals surface area contributed by atoms with Crippen molar-refractivity contribution in [2.45, 2.75) is 0 Å². The van der Waals surface area contributed by atoms with Crippen molar-refractivity contribution in [3.63, 3.8) is 0 Å². The van der Waals surface area contributed by atoms with E-state index in [0.717, 1.165) is 19.2 Å². The predicted molar refractivity (Wildman–Crippen MR) is 51.7 cm³/mol. The molecule has 84 valence electrons. The largest absolute Gasteiger partial charge is 0.491 e. The van der Waals surface area contributed by atoms with Crippen LogP contribution in [0, 0.1) is 11.6 Å². The van der Waals surface area contributed by atoms with Crippen LogP contribution in [0.2, 0.25) is 0 Å². The number of hydrogen-bond acceptors (Lipinski definition) is 2. The standard InChI is InChI=1S/C10H7F2NO3/c1-16-9-5(11)3-6-4(8(9)12)2-7(13-6)10(14)15/h2-3,13H,1H3,(H,14,15). The van der Waals surface area contributed by atoms with Crippen LogP contribution >= 0.6 is 0 Å². The maximum Gasteiger partial charge on any atom is 0.352 e. The molecule has 2 rings (SSSR count). The third-order valence-corrected chi connectivity index (χ3v) is 2.21. The zero-order chi connectivity index (χ0) is 11.9. The molecule has 0 saturated heterocycles. The van der Waals surface area contributed by atoms with Crippen molar-refractivity contribution in [3.05, 3.63) is 29.5 Å². The Kier molecular flexibility index (Phi) is 2.26. The maximum atomic E-state index is 13.6. The Morgan fingerprint density at radius 1 is 1.44 bits per heavy atom. The number of carbonyl (C=O) groups is 1. The van der Waals surface area contributed by atoms with Crippen LogP contribution in [-0.4, -0.2) is 23.2 Å². The first-order chi connectivity index (χ1) is 7.54. The molecule has 1 aromatic heterocycles. The number of carboxylic acid groups (broad SMARTS) is 1. The summed E-state index contributed by atoms with van der Waals surface area (Å²) in [5.74, 6) is -3.56. The number of benzene rings is 1. The highest BCUT2D eigenvalue weighted by Crippen LogP contribution is 2.29. The van der Waals surface area contributed by atoms with Gasteiger partial charge in [0.2, 0.25) is 0 Å². The molecule has 0 saturated carbocycles. The number of halogens is 2. The average molecular weight is 227 g/mol. The molecule has 2 N–H and O–H groups in total. The second-order valence-electron chi connectivity index (χ2n) is 3.16. The fourth-order valence-corrected chi connectivity index (χ4v) is 1.49. The van der Waals surface area contributed by atoms with Crippen molar-refractivity contribution in [1.29, 1.82) is 0 Å². The van der Waals surface area contributed by atoms with E-state index in [-0.39, 0.29) is 16.6 Å². The Labute approximate surface area is 88.5 Å². The van der Waals surface area contributed by atoms with Gasteiger partial charge >= 0.3 is 5.97 Å². The average Bonchev–Trinajstić information content (AvgIpc) is 2.62. The Bertz CT molecular complexity index is 577. The highest BCUT2D eigenvalue weighted by atomic mass is 19.1. The van der Waals surface area contributed by atoms with Crippen molar-refractivity contribution in [2.75, 3.05) is 7.11 Å². The van der Waals surface area contributed by atoms with Crippen LogP contribution in [0.4, 0.5) is 8.78 Å². The third kappa shape index (κ3) is 1.39. The molecular formula is C10H7F2NO3. The van der Waals surface area contributed by atoms with Gasteiger partial charge in [-0.2, -0.15) is 0 Å². The van der Waals surface area contributed by atoms with Gasteiger partial charge < -0.3 is 14.8 Å². The number of aromatic amines is 1. The molecule has 2 aromatic rings. The van der Waals surface area contributed by atoms with Gasteiger partial charge in [0.15, 0.2) is 17.4 Å². The van der Waals surface area contributed by atoms with Crippen LogP contribution in [0.5, 0.6) is 5.75 Å². The number of fused-ring (bicyclic) bond motifs is 1. The predicted octanol–water partition coefficient (Wildman–Crippen LogP) is 2.15. The van der Waals surface area contributed by atoms with E-state index in [1.165, 1.54) is 0 Å². The Balaban J connectivity index is 2.78. The Morgan fingerprint density at radius 3 is 2.69 bits per heavy atom. The van der Waals surface area contributed by atoms with Crippen molar-refractivity contribution in [2.24, 2.45) is 0 Å². The molecule has 0 radical (unpaired) electrons.